The third kappa shape index (κ3) is 5.04. The van der Waals surface area contributed by atoms with Crippen LogP contribution in [0.5, 0.6) is 0 Å². The average Bonchev–Trinajstić information content (AvgIpc) is 3.34. The first-order valence-electron chi connectivity index (χ1n) is 10.9. The van der Waals surface area contributed by atoms with Gasteiger partial charge in [-0.25, -0.2) is 4.79 Å². The van der Waals surface area contributed by atoms with Gasteiger partial charge in [-0.15, -0.1) is 0 Å². The van der Waals surface area contributed by atoms with Crippen LogP contribution in [0.2, 0.25) is 0 Å². The van der Waals surface area contributed by atoms with Gasteiger partial charge in [0.1, 0.15) is 18.4 Å². The zero-order chi connectivity index (χ0) is 27.1. The number of pyridine rings is 1. The Balaban J connectivity index is 1.59. The lowest BCUT2D eigenvalue weighted by molar-refractivity contribution is -0.152. The Bertz CT molecular complexity index is 1470. The molecular formula is C24H21F3N4O6. The molecule has 1 fully saturated rings. The van der Waals surface area contributed by atoms with E-state index < -0.39 is 46.7 Å². The molecule has 0 spiro atoms. The van der Waals surface area contributed by atoms with E-state index in [1.54, 1.807) is 22.3 Å². The van der Waals surface area contributed by atoms with E-state index in [0.717, 1.165) is 6.07 Å². The van der Waals surface area contributed by atoms with E-state index in [4.69, 9.17) is 15.6 Å². The first-order chi connectivity index (χ1) is 17.3. The summed E-state index contributed by atoms with van der Waals surface area (Å²) in [6.07, 6.45) is -5.53. The largest absolute Gasteiger partial charge is 0.474 e. The second kappa shape index (κ2) is 9.33. The van der Waals surface area contributed by atoms with Crippen molar-refractivity contribution in [3.05, 3.63) is 64.4 Å². The molecule has 0 bridgehead atoms. The molecule has 2 aromatic carbocycles. The van der Waals surface area contributed by atoms with Crippen LogP contribution in [-0.4, -0.2) is 52.8 Å². The first kappa shape index (κ1) is 25.9. The summed E-state index contributed by atoms with van der Waals surface area (Å²) in [7, 11) is 0. The van der Waals surface area contributed by atoms with Crippen molar-refractivity contribution < 1.29 is 37.4 Å². The number of carbonyl (C=O) groups excluding carboxylic acids is 2. The maximum absolute atomic E-state index is 13.5. The highest BCUT2D eigenvalue weighted by molar-refractivity contribution is 6.35. The molecule has 1 saturated heterocycles. The van der Waals surface area contributed by atoms with Crippen LogP contribution in [0.3, 0.4) is 0 Å². The van der Waals surface area contributed by atoms with Crippen molar-refractivity contribution in [3.8, 4) is 11.3 Å². The molecule has 13 heteroatoms. The second-order valence-corrected chi connectivity index (χ2v) is 8.70. The summed E-state index contributed by atoms with van der Waals surface area (Å²) < 4.78 is 46.0. The number of anilines is 1. The van der Waals surface area contributed by atoms with Crippen LogP contribution in [-0.2, 0) is 25.3 Å². The SMILES string of the molecule is CC(N)(C(=O)NC(=O)C(=O)O)[C@@H]1CN(c2ccc3cc(-c4ccccc4C(F)(F)F)[nH]c(=O)c3c2)CO1. The number of rotatable bonds is 4. The van der Waals surface area contributed by atoms with Gasteiger partial charge in [0.15, 0.2) is 0 Å². The minimum absolute atomic E-state index is 0.0172. The van der Waals surface area contributed by atoms with Crippen LogP contribution in [0, 0.1) is 0 Å². The summed E-state index contributed by atoms with van der Waals surface area (Å²) in [5.41, 5.74) is 3.19. The molecule has 1 aromatic heterocycles. The average molecular weight is 518 g/mol. The van der Waals surface area contributed by atoms with Crippen molar-refractivity contribution in [2.45, 2.75) is 24.7 Å². The molecule has 4 rings (SSSR count). The number of nitrogens with one attached hydrogen (secondary N) is 2. The van der Waals surface area contributed by atoms with Gasteiger partial charge < -0.3 is 25.5 Å². The molecule has 1 aliphatic heterocycles. The molecule has 194 valence electrons. The Morgan fingerprint density at radius 3 is 2.54 bits per heavy atom. The quantitative estimate of drug-likeness (QED) is 0.382. The summed E-state index contributed by atoms with van der Waals surface area (Å²) in [5.74, 6) is -4.40. The van der Waals surface area contributed by atoms with Gasteiger partial charge in [0.05, 0.1) is 5.56 Å². The number of aromatic nitrogens is 1. The van der Waals surface area contributed by atoms with E-state index in [0.29, 0.717) is 11.1 Å². The van der Waals surface area contributed by atoms with Crippen LogP contribution < -0.4 is 21.5 Å². The number of ether oxygens (including phenoxy) is 1. The van der Waals surface area contributed by atoms with Crippen molar-refractivity contribution in [3.63, 3.8) is 0 Å². The van der Waals surface area contributed by atoms with Crippen LogP contribution in [0.4, 0.5) is 18.9 Å². The van der Waals surface area contributed by atoms with E-state index in [1.165, 1.54) is 37.3 Å². The van der Waals surface area contributed by atoms with E-state index >= 15 is 0 Å². The Morgan fingerprint density at radius 1 is 1.16 bits per heavy atom. The topological polar surface area (TPSA) is 155 Å². The van der Waals surface area contributed by atoms with Gasteiger partial charge in [0, 0.05) is 28.9 Å². The lowest BCUT2D eigenvalue weighted by atomic mass is 9.94. The second-order valence-electron chi connectivity index (χ2n) is 8.70. The van der Waals surface area contributed by atoms with Crippen molar-refractivity contribution in [1.82, 2.24) is 10.3 Å². The highest BCUT2D eigenvalue weighted by Crippen LogP contribution is 2.36. The Morgan fingerprint density at radius 2 is 1.86 bits per heavy atom. The van der Waals surface area contributed by atoms with Crippen molar-refractivity contribution in [1.29, 1.82) is 0 Å². The van der Waals surface area contributed by atoms with Crippen molar-refractivity contribution >= 4 is 34.2 Å². The normalized spacial score (nSPS) is 17.4. The predicted octanol–water partition coefficient (Wildman–Crippen LogP) is 1.82. The summed E-state index contributed by atoms with van der Waals surface area (Å²) in [5, 5.41) is 11.0. The van der Waals surface area contributed by atoms with Gasteiger partial charge in [-0.3, -0.25) is 19.7 Å². The van der Waals surface area contributed by atoms with Crippen LogP contribution in [0.25, 0.3) is 22.0 Å². The smallest absolute Gasteiger partial charge is 0.417 e. The molecule has 5 N–H and O–H groups in total. The number of benzene rings is 2. The third-order valence-corrected chi connectivity index (χ3v) is 6.11. The van der Waals surface area contributed by atoms with E-state index in [-0.39, 0.29) is 29.9 Å². The number of fused-ring (bicyclic) bond motifs is 1. The van der Waals surface area contributed by atoms with Gasteiger partial charge in [0.2, 0.25) is 5.91 Å². The number of aromatic amines is 1. The summed E-state index contributed by atoms with van der Waals surface area (Å²) in [6, 6.07) is 11.1. The van der Waals surface area contributed by atoms with Gasteiger partial charge in [-0.05, 0) is 36.6 Å². The number of aliphatic carboxylic acids is 1. The molecule has 2 heterocycles. The number of nitrogens with two attached hydrogens (primary N) is 1. The van der Waals surface area contributed by atoms with Gasteiger partial charge >= 0.3 is 18.1 Å². The zero-order valence-corrected chi connectivity index (χ0v) is 19.3. The van der Waals surface area contributed by atoms with Crippen molar-refractivity contribution in [2.75, 3.05) is 18.2 Å². The highest BCUT2D eigenvalue weighted by Gasteiger charge is 2.44. The number of hydrogen-bond donors (Lipinski definition) is 4. The number of nitrogens with zero attached hydrogens (tertiary/aromatic N) is 1. The van der Waals surface area contributed by atoms with E-state index in [2.05, 4.69) is 4.98 Å². The molecule has 0 radical (unpaired) electrons. The molecule has 2 atom stereocenters. The number of carboxylic acid groups (broad SMARTS) is 1. The maximum Gasteiger partial charge on any atom is 0.417 e. The van der Waals surface area contributed by atoms with Crippen molar-refractivity contribution in [2.24, 2.45) is 5.73 Å². The number of halogens is 3. The minimum Gasteiger partial charge on any atom is -0.474 e. The molecule has 37 heavy (non-hydrogen) atoms. The maximum atomic E-state index is 13.5. The molecule has 1 aliphatic rings. The lowest BCUT2D eigenvalue weighted by Gasteiger charge is -2.28. The number of amides is 2. The summed E-state index contributed by atoms with van der Waals surface area (Å²) >= 11 is 0. The number of carbonyl (C=O) groups is 3. The highest BCUT2D eigenvalue weighted by atomic mass is 19.4. The molecule has 3 aromatic rings. The molecular weight excluding hydrogens is 497 g/mol. The molecule has 2 amide bonds. The van der Waals surface area contributed by atoms with E-state index in [1.807, 2.05) is 0 Å². The number of imide groups is 1. The number of H-pyrrole nitrogens is 1. The molecule has 0 saturated carbocycles. The summed E-state index contributed by atoms with van der Waals surface area (Å²) in [6.45, 7) is 1.33. The van der Waals surface area contributed by atoms with E-state index in [9.17, 15) is 32.3 Å². The van der Waals surface area contributed by atoms with Crippen LogP contribution in [0.1, 0.15) is 12.5 Å². The summed E-state index contributed by atoms with van der Waals surface area (Å²) in [4.78, 5) is 51.3. The molecule has 1 unspecified atom stereocenters. The standard InChI is InChI=1S/C24H21F3N4O6/c1-23(28,22(36)30-20(33)21(34)35)18-10-31(11-37-18)13-7-6-12-8-17(29-19(32)15(12)9-13)14-4-2-3-5-16(14)24(25,26)27/h2-9,18H,10-11,28H2,1H3,(H,29,32)(H,34,35)(H,30,33,36)/t18-,23?/m0/s1. The van der Waals surface area contributed by atoms with Crippen LogP contribution >= 0.6 is 0 Å². The number of alkyl halides is 3. The predicted molar refractivity (Wildman–Crippen MR) is 125 cm³/mol. The Hall–Kier alpha value is -4.23. The lowest BCUT2D eigenvalue weighted by Crippen LogP contribution is -2.62. The fraction of sp³-hybridized carbons (Fsp3) is 0.250. The zero-order valence-electron chi connectivity index (χ0n) is 19.3. The fourth-order valence-electron chi connectivity index (χ4n) is 4.02. The van der Waals surface area contributed by atoms with Gasteiger partial charge in [-0.2, -0.15) is 13.2 Å². The third-order valence-electron chi connectivity index (χ3n) is 6.11. The first-order valence-corrected chi connectivity index (χ1v) is 10.9. The Kier molecular flexibility index (Phi) is 6.52. The monoisotopic (exact) mass is 518 g/mol. The molecule has 0 aliphatic carbocycles. The van der Waals surface area contributed by atoms with Gasteiger partial charge in [-0.1, -0.05) is 24.3 Å². The Labute approximate surface area is 206 Å². The van der Waals surface area contributed by atoms with Crippen LogP contribution in [0.15, 0.2) is 53.3 Å². The fourth-order valence-corrected chi connectivity index (χ4v) is 4.02. The number of carboxylic acids is 1. The molecule has 10 nitrogen and oxygen atoms in total. The van der Waals surface area contributed by atoms with Gasteiger partial charge in [0.25, 0.3) is 5.56 Å². The number of hydrogen-bond acceptors (Lipinski definition) is 7. The minimum atomic E-state index is -4.60.